The van der Waals surface area contributed by atoms with E-state index in [1.165, 1.54) is 4.90 Å². The van der Waals surface area contributed by atoms with E-state index in [0.29, 0.717) is 16.9 Å². The van der Waals surface area contributed by atoms with Crippen LogP contribution in [0.15, 0.2) is 18.2 Å². The summed E-state index contributed by atoms with van der Waals surface area (Å²) in [5.41, 5.74) is 0.880. The Morgan fingerprint density at radius 3 is 2.71 bits per heavy atom. The SMILES string of the molecule is CN(C)C(=O)c1cccc(C#N)c1OC1CC1. The number of amides is 1. The van der Waals surface area contributed by atoms with Gasteiger partial charge < -0.3 is 9.64 Å². The highest BCUT2D eigenvalue weighted by molar-refractivity contribution is 5.97. The van der Waals surface area contributed by atoms with E-state index in [1.807, 2.05) is 0 Å². The van der Waals surface area contributed by atoms with Gasteiger partial charge in [0.2, 0.25) is 0 Å². The number of rotatable bonds is 3. The zero-order valence-electron chi connectivity index (χ0n) is 9.93. The molecule has 1 aliphatic carbocycles. The molecule has 0 aliphatic heterocycles. The third kappa shape index (κ3) is 2.39. The number of carbonyl (C=O) groups is 1. The van der Waals surface area contributed by atoms with Crippen molar-refractivity contribution in [3.8, 4) is 11.8 Å². The zero-order chi connectivity index (χ0) is 12.4. The van der Waals surface area contributed by atoms with Crippen molar-refractivity contribution >= 4 is 5.91 Å². The van der Waals surface area contributed by atoms with Crippen molar-refractivity contribution in [1.82, 2.24) is 4.90 Å². The van der Waals surface area contributed by atoms with Gasteiger partial charge in [-0.25, -0.2) is 0 Å². The molecule has 4 heteroatoms. The van der Waals surface area contributed by atoms with E-state index in [4.69, 9.17) is 10.00 Å². The normalized spacial score (nSPS) is 13.9. The largest absolute Gasteiger partial charge is 0.488 e. The lowest BCUT2D eigenvalue weighted by Gasteiger charge is -2.15. The number of ether oxygens (including phenoxy) is 1. The van der Waals surface area contributed by atoms with Crippen LogP contribution in [0.25, 0.3) is 0 Å². The molecular formula is C13H14N2O2. The van der Waals surface area contributed by atoms with E-state index in [-0.39, 0.29) is 12.0 Å². The summed E-state index contributed by atoms with van der Waals surface area (Å²) in [6, 6.07) is 7.14. The van der Waals surface area contributed by atoms with Crippen LogP contribution < -0.4 is 4.74 Å². The van der Waals surface area contributed by atoms with E-state index < -0.39 is 0 Å². The van der Waals surface area contributed by atoms with Crippen LogP contribution >= 0.6 is 0 Å². The molecule has 0 bridgehead atoms. The fourth-order valence-corrected chi connectivity index (χ4v) is 1.51. The topological polar surface area (TPSA) is 53.3 Å². The van der Waals surface area contributed by atoms with E-state index in [0.717, 1.165) is 12.8 Å². The maximum absolute atomic E-state index is 12.0. The average molecular weight is 230 g/mol. The van der Waals surface area contributed by atoms with E-state index in [2.05, 4.69) is 6.07 Å². The molecule has 1 aromatic rings. The molecule has 2 rings (SSSR count). The molecule has 0 atom stereocenters. The van der Waals surface area contributed by atoms with Crippen LogP contribution in [0.1, 0.15) is 28.8 Å². The van der Waals surface area contributed by atoms with Crippen LogP contribution in [0, 0.1) is 11.3 Å². The summed E-state index contributed by atoms with van der Waals surface area (Å²) < 4.78 is 5.68. The fourth-order valence-electron chi connectivity index (χ4n) is 1.51. The quantitative estimate of drug-likeness (QED) is 0.795. The first-order valence-corrected chi connectivity index (χ1v) is 5.55. The molecule has 0 saturated heterocycles. The van der Waals surface area contributed by atoms with Crippen LogP contribution in [-0.2, 0) is 0 Å². The van der Waals surface area contributed by atoms with Gasteiger partial charge in [-0.15, -0.1) is 0 Å². The number of para-hydroxylation sites is 1. The van der Waals surface area contributed by atoms with Gasteiger partial charge in [-0.1, -0.05) is 6.07 Å². The first-order chi connectivity index (χ1) is 8.13. The summed E-state index contributed by atoms with van der Waals surface area (Å²) in [6.07, 6.45) is 2.16. The van der Waals surface area contributed by atoms with Gasteiger partial charge in [0, 0.05) is 14.1 Å². The maximum Gasteiger partial charge on any atom is 0.257 e. The number of nitrogens with zero attached hydrogens (tertiary/aromatic N) is 2. The molecule has 1 amide bonds. The lowest BCUT2D eigenvalue weighted by molar-refractivity contribution is 0.0823. The third-order valence-corrected chi connectivity index (χ3v) is 2.58. The van der Waals surface area contributed by atoms with Crippen molar-refractivity contribution in [2.24, 2.45) is 0 Å². The van der Waals surface area contributed by atoms with Crippen LogP contribution in [0.3, 0.4) is 0 Å². The Hall–Kier alpha value is -2.02. The Kier molecular flexibility index (Phi) is 3.01. The van der Waals surface area contributed by atoms with Gasteiger partial charge in [-0.2, -0.15) is 5.26 Å². The lowest BCUT2D eigenvalue weighted by Crippen LogP contribution is -2.22. The number of benzene rings is 1. The van der Waals surface area contributed by atoms with E-state index in [9.17, 15) is 4.79 Å². The van der Waals surface area contributed by atoms with Crippen LogP contribution in [0.2, 0.25) is 0 Å². The number of nitriles is 1. The van der Waals surface area contributed by atoms with E-state index in [1.54, 1.807) is 32.3 Å². The Morgan fingerprint density at radius 2 is 2.18 bits per heavy atom. The van der Waals surface area contributed by atoms with Crippen molar-refractivity contribution in [3.63, 3.8) is 0 Å². The lowest BCUT2D eigenvalue weighted by atomic mass is 10.1. The summed E-state index contributed by atoms with van der Waals surface area (Å²) >= 11 is 0. The van der Waals surface area contributed by atoms with Crippen molar-refractivity contribution in [2.45, 2.75) is 18.9 Å². The van der Waals surface area contributed by atoms with Crippen LogP contribution in [0.5, 0.6) is 5.75 Å². The van der Waals surface area contributed by atoms with Gasteiger partial charge in [-0.05, 0) is 25.0 Å². The van der Waals surface area contributed by atoms with Gasteiger partial charge in [0.05, 0.1) is 17.2 Å². The van der Waals surface area contributed by atoms with Gasteiger partial charge in [0.15, 0.2) is 0 Å². The minimum absolute atomic E-state index is 0.141. The molecule has 0 heterocycles. The molecule has 0 aromatic heterocycles. The maximum atomic E-state index is 12.0. The second kappa shape index (κ2) is 4.46. The fraction of sp³-hybridized carbons (Fsp3) is 0.385. The minimum Gasteiger partial charge on any atom is -0.488 e. The molecule has 88 valence electrons. The Morgan fingerprint density at radius 1 is 1.47 bits per heavy atom. The van der Waals surface area contributed by atoms with Gasteiger partial charge in [0.1, 0.15) is 11.8 Å². The molecule has 0 unspecified atom stereocenters. The Bertz CT molecular complexity index is 485. The second-order valence-electron chi connectivity index (χ2n) is 4.31. The third-order valence-electron chi connectivity index (χ3n) is 2.58. The monoisotopic (exact) mass is 230 g/mol. The molecule has 1 fully saturated rings. The van der Waals surface area contributed by atoms with E-state index >= 15 is 0 Å². The summed E-state index contributed by atoms with van der Waals surface area (Å²) in [5.74, 6) is 0.286. The highest BCUT2D eigenvalue weighted by Gasteiger charge is 2.27. The summed E-state index contributed by atoms with van der Waals surface area (Å²) in [7, 11) is 3.37. The Labute approximate surface area is 100 Å². The highest BCUT2D eigenvalue weighted by atomic mass is 16.5. The highest BCUT2D eigenvalue weighted by Crippen LogP contribution is 2.32. The number of hydrogen-bond donors (Lipinski definition) is 0. The first kappa shape index (κ1) is 11.5. The molecular weight excluding hydrogens is 216 g/mol. The standard InChI is InChI=1S/C13H14N2O2/c1-15(2)13(16)11-5-3-4-9(8-14)12(11)17-10-6-7-10/h3-5,10H,6-7H2,1-2H3. The molecule has 1 saturated carbocycles. The average Bonchev–Trinajstić information content (AvgIpc) is 3.12. The summed E-state index contributed by atoms with van der Waals surface area (Å²) in [5, 5.41) is 9.04. The van der Waals surface area contributed by atoms with Crippen LogP contribution in [0.4, 0.5) is 0 Å². The predicted octanol–water partition coefficient (Wildman–Crippen LogP) is 1.80. The molecule has 4 nitrogen and oxygen atoms in total. The minimum atomic E-state index is -0.141. The molecule has 0 radical (unpaired) electrons. The Balaban J connectivity index is 2.42. The predicted molar refractivity (Wildman–Crippen MR) is 62.8 cm³/mol. The van der Waals surface area contributed by atoms with Gasteiger partial charge in [-0.3, -0.25) is 4.79 Å². The molecule has 17 heavy (non-hydrogen) atoms. The molecule has 1 aliphatic rings. The summed E-state index contributed by atoms with van der Waals surface area (Å²) in [6.45, 7) is 0. The van der Waals surface area contributed by atoms with Crippen molar-refractivity contribution < 1.29 is 9.53 Å². The van der Waals surface area contributed by atoms with Crippen molar-refractivity contribution in [1.29, 1.82) is 5.26 Å². The van der Waals surface area contributed by atoms with Crippen molar-refractivity contribution in [2.75, 3.05) is 14.1 Å². The summed E-state index contributed by atoms with van der Waals surface area (Å²) in [4.78, 5) is 13.5. The first-order valence-electron chi connectivity index (χ1n) is 5.55. The second-order valence-corrected chi connectivity index (χ2v) is 4.31. The van der Waals surface area contributed by atoms with Crippen LogP contribution in [-0.4, -0.2) is 31.0 Å². The molecule has 0 N–H and O–H groups in total. The van der Waals surface area contributed by atoms with Gasteiger partial charge in [0.25, 0.3) is 5.91 Å². The zero-order valence-corrected chi connectivity index (χ0v) is 9.93. The smallest absolute Gasteiger partial charge is 0.257 e. The molecule has 0 spiro atoms. The van der Waals surface area contributed by atoms with Gasteiger partial charge >= 0.3 is 0 Å². The van der Waals surface area contributed by atoms with Crippen molar-refractivity contribution in [3.05, 3.63) is 29.3 Å². The molecule has 1 aromatic carbocycles. The number of hydrogen-bond acceptors (Lipinski definition) is 3. The number of carbonyl (C=O) groups excluding carboxylic acids is 1.